The average Bonchev–Trinajstić information content (AvgIpc) is 2.78. The lowest BCUT2D eigenvalue weighted by molar-refractivity contribution is 0.0950. The third kappa shape index (κ3) is 4.59. The van der Waals surface area contributed by atoms with Crippen molar-refractivity contribution in [3.8, 4) is 17.2 Å². The molecule has 0 aliphatic heterocycles. The second-order valence-electron chi connectivity index (χ2n) is 6.89. The first-order chi connectivity index (χ1) is 15.0. The summed E-state index contributed by atoms with van der Waals surface area (Å²) in [4.78, 5) is 21.1. The van der Waals surface area contributed by atoms with Crippen molar-refractivity contribution in [1.82, 2.24) is 15.3 Å². The molecule has 4 rings (SSSR count). The number of halogens is 1. The molecule has 6 nitrogen and oxygen atoms in total. The van der Waals surface area contributed by atoms with Gasteiger partial charge in [0.2, 0.25) is 0 Å². The summed E-state index contributed by atoms with van der Waals surface area (Å²) < 4.78 is 11.4. The van der Waals surface area contributed by atoms with E-state index in [1.807, 2.05) is 37.3 Å². The summed E-state index contributed by atoms with van der Waals surface area (Å²) in [6, 6.07) is 16.4. The SMILES string of the molecule is COc1ccc2c(Oc3cccc(C(=O)NCc4ccnc(Cl)c4)c3C)ccnc2c1. The molecule has 0 aliphatic rings. The average molecular weight is 434 g/mol. The minimum atomic E-state index is -0.194. The number of amides is 1. The number of rotatable bonds is 6. The van der Waals surface area contributed by atoms with Gasteiger partial charge in [-0.05, 0) is 55.0 Å². The van der Waals surface area contributed by atoms with Crippen molar-refractivity contribution in [1.29, 1.82) is 0 Å². The van der Waals surface area contributed by atoms with E-state index in [4.69, 9.17) is 21.1 Å². The Morgan fingerprint density at radius 2 is 1.87 bits per heavy atom. The number of carbonyl (C=O) groups is 1. The van der Waals surface area contributed by atoms with Gasteiger partial charge in [-0.1, -0.05) is 17.7 Å². The van der Waals surface area contributed by atoms with E-state index < -0.39 is 0 Å². The van der Waals surface area contributed by atoms with Crippen LogP contribution in [0.2, 0.25) is 5.15 Å². The molecule has 1 amide bonds. The molecule has 0 fully saturated rings. The second kappa shape index (κ2) is 9.02. The molecule has 0 bridgehead atoms. The monoisotopic (exact) mass is 433 g/mol. The summed E-state index contributed by atoms with van der Waals surface area (Å²) in [6.45, 7) is 2.21. The van der Waals surface area contributed by atoms with Gasteiger partial charge in [0, 0.05) is 41.5 Å². The predicted molar refractivity (Wildman–Crippen MR) is 120 cm³/mol. The van der Waals surface area contributed by atoms with Crippen LogP contribution in [0, 0.1) is 6.92 Å². The summed E-state index contributed by atoms with van der Waals surface area (Å²) in [7, 11) is 1.62. The summed E-state index contributed by atoms with van der Waals surface area (Å²) in [5.41, 5.74) is 2.92. The zero-order valence-electron chi connectivity index (χ0n) is 17.1. The number of ether oxygens (including phenoxy) is 2. The standard InChI is InChI=1S/C24H20ClN3O3/c1-15-18(24(29)28-14-16-8-10-27-23(25)12-16)4-3-5-21(15)31-22-9-11-26-20-13-17(30-2)6-7-19(20)22/h3-13H,14H2,1-2H3,(H,28,29). The second-order valence-corrected chi connectivity index (χ2v) is 7.28. The van der Waals surface area contributed by atoms with Crippen LogP contribution in [-0.4, -0.2) is 23.0 Å². The Morgan fingerprint density at radius 3 is 2.68 bits per heavy atom. The molecule has 0 saturated heterocycles. The zero-order chi connectivity index (χ0) is 21.8. The number of aromatic nitrogens is 2. The lowest BCUT2D eigenvalue weighted by atomic mass is 10.1. The van der Waals surface area contributed by atoms with Crippen molar-refractivity contribution in [2.45, 2.75) is 13.5 Å². The van der Waals surface area contributed by atoms with Gasteiger partial charge in [-0.15, -0.1) is 0 Å². The van der Waals surface area contributed by atoms with E-state index in [1.54, 1.807) is 43.8 Å². The van der Waals surface area contributed by atoms with Crippen molar-refractivity contribution < 1.29 is 14.3 Å². The van der Waals surface area contributed by atoms with Crippen molar-refractivity contribution in [3.63, 3.8) is 0 Å². The van der Waals surface area contributed by atoms with E-state index in [2.05, 4.69) is 15.3 Å². The van der Waals surface area contributed by atoms with Crippen molar-refractivity contribution in [2.75, 3.05) is 7.11 Å². The Balaban J connectivity index is 1.56. The van der Waals surface area contributed by atoms with E-state index >= 15 is 0 Å². The molecule has 4 aromatic rings. The maximum absolute atomic E-state index is 12.8. The van der Waals surface area contributed by atoms with Gasteiger partial charge in [-0.2, -0.15) is 0 Å². The highest BCUT2D eigenvalue weighted by molar-refractivity contribution is 6.29. The highest BCUT2D eigenvalue weighted by atomic mass is 35.5. The first-order valence-electron chi connectivity index (χ1n) is 9.64. The highest BCUT2D eigenvalue weighted by Crippen LogP contribution is 2.33. The van der Waals surface area contributed by atoms with Gasteiger partial charge < -0.3 is 14.8 Å². The van der Waals surface area contributed by atoms with Crippen molar-refractivity contribution in [2.24, 2.45) is 0 Å². The van der Waals surface area contributed by atoms with E-state index in [0.29, 0.717) is 28.8 Å². The van der Waals surface area contributed by atoms with Crippen LogP contribution < -0.4 is 14.8 Å². The molecule has 2 aromatic heterocycles. The van der Waals surface area contributed by atoms with E-state index in [-0.39, 0.29) is 5.91 Å². The molecule has 0 aliphatic carbocycles. The molecule has 2 heterocycles. The molecule has 0 radical (unpaired) electrons. The van der Waals surface area contributed by atoms with Gasteiger partial charge in [0.1, 0.15) is 22.4 Å². The fourth-order valence-electron chi connectivity index (χ4n) is 3.24. The number of carbonyl (C=O) groups excluding carboxylic acids is 1. The summed E-state index contributed by atoms with van der Waals surface area (Å²) >= 11 is 5.91. The number of pyridine rings is 2. The maximum atomic E-state index is 12.8. The Labute approximate surface area is 184 Å². The van der Waals surface area contributed by atoms with Crippen LogP contribution in [0.25, 0.3) is 10.9 Å². The molecule has 7 heteroatoms. The van der Waals surface area contributed by atoms with Gasteiger partial charge in [-0.3, -0.25) is 9.78 Å². The van der Waals surface area contributed by atoms with Crippen LogP contribution in [0.5, 0.6) is 17.2 Å². The summed E-state index contributed by atoms with van der Waals surface area (Å²) in [5, 5.41) is 4.16. The minimum absolute atomic E-state index is 0.194. The number of hydrogen-bond acceptors (Lipinski definition) is 5. The lowest BCUT2D eigenvalue weighted by Crippen LogP contribution is -2.23. The van der Waals surface area contributed by atoms with Gasteiger partial charge in [-0.25, -0.2) is 4.98 Å². The van der Waals surface area contributed by atoms with Crippen LogP contribution >= 0.6 is 11.6 Å². The normalized spacial score (nSPS) is 10.7. The Hall–Kier alpha value is -3.64. The minimum Gasteiger partial charge on any atom is -0.497 e. The third-order valence-corrected chi connectivity index (χ3v) is 5.11. The smallest absolute Gasteiger partial charge is 0.251 e. The summed E-state index contributed by atoms with van der Waals surface area (Å²) in [5.74, 6) is 1.78. The number of fused-ring (bicyclic) bond motifs is 1. The molecule has 1 N–H and O–H groups in total. The molecule has 0 unspecified atom stereocenters. The topological polar surface area (TPSA) is 73.3 Å². The predicted octanol–water partition coefficient (Wildman–Crippen LogP) is 5.32. The van der Waals surface area contributed by atoms with E-state index in [1.165, 1.54) is 0 Å². The largest absolute Gasteiger partial charge is 0.497 e. The van der Waals surface area contributed by atoms with Gasteiger partial charge in [0.25, 0.3) is 5.91 Å². The Bertz CT molecular complexity index is 1260. The van der Waals surface area contributed by atoms with Crippen LogP contribution in [0.15, 0.2) is 67.0 Å². The zero-order valence-corrected chi connectivity index (χ0v) is 17.8. The number of nitrogens with zero attached hydrogens (tertiary/aromatic N) is 2. The lowest BCUT2D eigenvalue weighted by Gasteiger charge is -2.14. The first kappa shape index (κ1) is 20.6. The van der Waals surface area contributed by atoms with Crippen LogP contribution in [-0.2, 0) is 6.54 Å². The molecule has 2 aromatic carbocycles. The van der Waals surface area contributed by atoms with Crippen LogP contribution in [0.1, 0.15) is 21.5 Å². The maximum Gasteiger partial charge on any atom is 0.251 e. The molecule has 156 valence electrons. The molecule has 31 heavy (non-hydrogen) atoms. The molecule has 0 spiro atoms. The highest BCUT2D eigenvalue weighted by Gasteiger charge is 2.14. The van der Waals surface area contributed by atoms with Gasteiger partial charge >= 0.3 is 0 Å². The van der Waals surface area contributed by atoms with Crippen LogP contribution in [0.4, 0.5) is 0 Å². The molecule has 0 atom stereocenters. The van der Waals surface area contributed by atoms with Gasteiger partial charge in [0.15, 0.2) is 0 Å². The third-order valence-electron chi connectivity index (χ3n) is 4.90. The number of nitrogens with one attached hydrogen (secondary N) is 1. The fourth-order valence-corrected chi connectivity index (χ4v) is 3.43. The molecular weight excluding hydrogens is 414 g/mol. The summed E-state index contributed by atoms with van der Waals surface area (Å²) in [6.07, 6.45) is 3.29. The Morgan fingerprint density at radius 1 is 1.03 bits per heavy atom. The van der Waals surface area contributed by atoms with Crippen molar-refractivity contribution in [3.05, 3.63) is 88.8 Å². The van der Waals surface area contributed by atoms with Crippen LogP contribution in [0.3, 0.4) is 0 Å². The Kier molecular flexibility index (Phi) is 6.00. The number of benzene rings is 2. The van der Waals surface area contributed by atoms with Crippen molar-refractivity contribution >= 4 is 28.4 Å². The van der Waals surface area contributed by atoms with Gasteiger partial charge in [0.05, 0.1) is 12.6 Å². The fraction of sp³-hybridized carbons (Fsp3) is 0.125. The van der Waals surface area contributed by atoms with E-state index in [9.17, 15) is 4.79 Å². The van der Waals surface area contributed by atoms with E-state index in [0.717, 1.165) is 27.8 Å². The number of hydrogen-bond donors (Lipinski definition) is 1. The first-order valence-corrected chi connectivity index (χ1v) is 10.0. The molecular formula is C24H20ClN3O3. The quantitative estimate of drug-likeness (QED) is 0.416. The molecule has 0 saturated carbocycles. The number of methoxy groups -OCH3 is 1.